The Morgan fingerprint density at radius 2 is 1.55 bits per heavy atom. The highest BCUT2D eigenvalue weighted by atomic mass is 16.5. The Kier molecular flexibility index (Phi) is 19.9. The summed E-state index contributed by atoms with van der Waals surface area (Å²) in [5.74, 6) is -0.0881. The SMILES string of the molecule is CCCCC/C=C\C/C=C\CCCCCCCC(=O)OC/C=C(C)/C=C/C=C(C)\C=C\C1=C(C)CCCC1(C)C. The number of rotatable bonds is 20. The Labute approximate surface area is 248 Å². The molecule has 0 unspecified atom stereocenters. The molecule has 0 spiro atoms. The molecule has 0 heterocycles. The van der Waals surface area contributed by atoms with E-state index in [2.05, 4.69) is 89.3 Å². The summed E-state index contributed by atoms with van der Waals surface area (Å²) in [5, 5.41) is 0. The van der Waals surface area contributed by atoms with Crippen LogP contribution in [0.3, 0.4) is 0 Å². The molecule has 1 aliphatic rings. The van der Waals surface area contributed by atoms with Crippen molar-refractivity contribution in [2.45, 2.75) is 138 Å². The highest BCUT2D eigenvalue weighted by molar-refractivity contribution is 5.69. The fraction of sp³-hybridized carbons (Fsp3) is 0.605. The lowest BCUT2D eigenvalue weighted by Crippen LogP contribution is -2.19. The minimum Gasteiger partial charge on any atom is -0.461 e. The van der Waals surface area contributed by atoms with E-state index in [0.29, 0.717) is 13.0 Å². The van der Waals surface area contributed by atoms with E-state index in [4.69, 9.17) is 4.74 Å². The van der Waals surface area contributed by atoms with Gasteiger partial charge in [0.05, 0.1) is 0 Å². The number of ether oxygens (including phenoxy) is 1. The van der Waals surface area contributed by atoms with Gasteiger partial charge in [0.2, 0.25) is 0 Å². The topological polar surface area (TPSA) is 26.3 Å². The Morgan fingerprint density at radius 1 is 0.875 bits per heavy atom. The van der Waals surface area contributed by atoms with Gasteiger partial charge in [-0.25, -0.2) is 0 Å². The quantitative estimate of drug-likeness (QED) is 0.0654. The first-order chi connectivity index (χ1) is 19.3. The number of unbranched alkanes of at least 4 members (excludes halogenated alkanes) is 8. The van der Waals surface area contributed by atoms with Crippen LogP contribution in [0.25, 0.3) is 0 Å². The summed E-state index contributed by atoms with van der Waals surface area (Å²) in [5.41, 5.74) is 5.63. The predicted molar refractivity (Wildman–Crippen MR) is 176 cm³/mol. The summed E-state index contributed by atoms with van der Waals surface area (Å²) < 4.78 is 5.40. The number of hydrogen-bond donors (Lipinski definition) is 0. The molecule has 0 saturated carbocycles. The van der Waals surface area contributed by atoms with Crippen LogP contribution >= 0.6 is 0 Å². The highest BCUT2D eigenvalue weighted by Gasteiger charge is 2.26. The first kappa shape index (κ1) is 35.7. The third-order valence-electron chi connectivity index (χ3n) is 7.75. The van der Waals surface area contributed by atoms with Crippen molar-refractivity contribution < 1.29 is 9.53 Å². The molecule has 0 aliphatic heterocycles. The molecular formula is C38H60O2. The van der Waals surface area contributed by atoms with Gasteiger partial charge in [0.1, 0.15) is 6.61 Å². The molecule has 224 valence electrons. The fourth-order valence-electron chi connectivity index (χ4n) is 5.12. The van der Waals surface area contributed by atoms with Crippen LogP contribution in [-0.4, -0.2) is 12.6 Å². The van der Waals surface area contributed by atoms with Gasteiger partial charge < -0.3 is 4.74 Å². The van der Waals surface area contributed by atoms with E-state index in [1.54, 1.807) is 0 Å². The van der Waals surface area contributed by atoms with E-state index in [9.17, 15) is 4.79 Å². The third kappa shape index (κ3) is 18.1. The van der Waals surface area contributed by atoms with Crippen molar-refractivity contribution >= 4 is 5.97 Å². The van der Waals surface area contributed by atoms with Crippen LogP contribution in [0.5, 0.6) is 0 Å². The zero-order valence-electron chi connectivity index (χ0n) is 26.9. The molecule has 0 aromatic heterocycles. The minimum atomic E-state index is -0.0881. The van der Waals surface area contributed by atoms with Gasteiger partial charge in [-0.15, -0.1) is 0 Å². The van der Waals surface area contributed by atoms with E-state index in [1.165, 1.54) is 80.9 Å². The minimum absolute atomic E-state index is 0.0881. The maximum Gasteiger partial charge on any atom is 0.306 e. The molecule has 40 heavy (non-hydrogen) atoms. The van der Waals surface area contributed by atoms with E-state index in [0.717, 1.165) is 31.3 Å². The predicted octanol–water partition coefficient (Wildman–Crippen LogP) is 11.9. The summed E-state index contributed by atoms with van der Waals surface area (Å²) in [6, 6.07) is 0. The Hall–Kier alpha value is -2.35. The van der Waals surface area contributed by atoms with Crippen LogP contribution in [-0.2, 0) is 9.53 Å². The number of allylic oxidation sites excluding steroid dienone is 13. The largest absolute Gasteiger partial charge is 0.461 e. The van der Waals surface area contributed by atoms with E-state index in [-0.39, 0.29) is 11.4 Å². The van der Waals surface area contributed by atoms with Crippen LogP contribution in [0.4, 0.5) is 0 Å². The second-order valence-corrected chi connectivity index (χ2v) is 12.1. The van der Waals surface area contributed by atoms with Crippen molar-refractivity contribution in [3.8, 4) is 0 Å². The summed E-state index contributed by atoms with van der Waals surface area (Å²) in [6.45, 7) is 13.8. The molecule has 0 N–H and O–H groups in total. The lowest BCUT2D eigenvalue weighted by atomic mass is 9.72. The summed E-state index contributed by atoms with van der Waals surface area (Å²) in [4.78, 5) is 12.0. The molecule has 0 radical (unpaired) electrons. The van der Waals surface area contributed by atoms with E-state index >= 15 is 0 Å². The van der Waals surface area contributed by atoms with Crippen LogP contribution in [0.2, 0.25) is 0 Å². The van der Waals surface area contributed by atoms with Crippen molar-refractivity contribution in [1.82, 2.24) is 0 Å². The number of hydrogen-bond acceptors (Lipinski definition) is 2. The van der Waals surface area contributed by atoms with Gasteiger partial charge in [-0.1, -0.05) is 124 Å². The highest BCUT2D eigenvalue weighted by Crippen LogP contribution is 2.40. The average Bonchev–Trinajstić information content (AvgIpc) is 2.90. The zero-order valence-corrected chi connectivity index (χ0v) is 26.9. The molecule has 0 amide bonds. The van der Waals surface area contributed by atoms with Crippen molar-refractivity contribution in [3.05, 3.63) is 83.1 Å². The summed E-state index contributed by atoms with van der Waals surface area (Å²) in [6.07, 6.45) is 39.4. The van der Waals surface area contributed by atoms with Gasteiger partial charge >= 0.3 is 5.97 Å². The molecular weight excluding hydrogens is 488 g/mol. The number of esters is 1. The van der Waals surface area contributed by atoms with E-state index in [1.807, 2.05) is 13.0 Å². The molecule has 0 fully saturated rings. The average molecular weight is 549 g/mol. The normalized spacial score (nSPS) is 16.9. The maximum atomic E-state index is 12.0. The molecule has 2 heteroatoms. The molecule has 0 aromatic rings. The first-order valence-corrected chi connectivity index (χ1v) is 16.1. The van der Waals surface area contributed by atoms with Gasteiger partial charge in [0, 0.05) is 6.42 Å². The molecule has 0 atom stereocenters. The van der Waals surface area contributed by atoms with Gasteiger partial charge in [0.25, 0.3) is 0 Å². The second kappa shape index (κ2) is 22.4. The van der Waals surface area contributed by atoms with Crippen molar-refractivity contribution in [3.63, 3.8) is 0 Å². The number of carbonyl (C=O) groups excluding carboxylic acids is 1. The standard InChI is InChI=1S/C38H60O2/c1-7-8-9-10-11-12-13-14-15-16-17-18-19-20-21-27-37(39)40-32-30-34(3)25-22-24-33(2)28-29-36-35(4)26-23-31-38(36,5)6/h11-12,14-15,22,24-25,28-30H,7-10,13,16-21,23,26-27,31-32H2,1-6H3/b12-11-,15-14-,25-22+,29-28+,33-24-,34-30+. The third-order valence-corrected chi connectivity index (χ3v) is 7.75. The monoisotopic (exact) mass is 548 g/mol. The molecule has 1 aliphatic carbocycles. The van der Waals surface area contributed by atoms with Crippen LogP contribution in [0.15, 0.2) is 83.1 Å². The molecule has 0 aromatic carbocycles. The molecule has 0 saturated heterocycles. The Balaban J connectivity index is 2.14. The lowest BCUT2D eigenvalue weighted by molar-refractivity contribution is -0.142. The van der Waals surface area contributed by atoms with E-state index < -0.39 is 0 Å². The Morgan fingerprint density at radius 3 is 2.25 bits per heavy atom. The fourth-order valence-corrected chi connectivity index (χ4v) is 5.12. The van der Waals surface area contributed by atoms with Crippen LogP contribution < -0.4 is 0 Å². The summed E-state index contributed by atoms with van der Waals surface area (Å²) >= 11 is 0. The Bertz CT molecular complexity index is 917. The van der Waals surface area contributed by atoms with Gasteiger partial charge in [-0.3, -0.25) is 4.79 Å². The van der Waals surface area contributed by atoms with Gasteiger partial charge in [-0.05, 0) is 95.6 Å². The van der Waals surface area contributed by atoms with Gasteiger partial charge in [0.15, 0.2) is 0 Å². The number of carbonyl (C=O) groups is 1. The first-order valence-electron chi connectivity index (χ1n) is 16.1. The van der Waals surface area contributed by atoms with Gasteiger partial charge in [-0.2, -0.15) is 0 Å². The zero-order chi connectivity index (χ0) is 29.5. The smallest absolute Gasteiger partial charge is 0.306 e. The molecule has 2 nitrogen and oxygen atoms in total. The van der Waals surface area contributed by atoms with Crippen molar-refractivity contribution in [2.75, 3.05) is 6.61 Å². The lowest BCUT2D eigenvalue weighted by Gasteiger charge is -2.32. The summed E-state index contributed by atoms with van der Waals surface area (Å²) in [7, 11) is 0. The maximum absolute atomic E-state index is 12.0. The molecule has 0 bridgehead atoms. The second-order valence-electron chi connectivity index (χ2n) is 12.1. The van der Waals surface area contributed by atoms with Crippen molar-refractivity contribution in [1.29, 1.82) is 0 Å². The van der Waals surface area contributed by atoms with Crippen LogP contribution in [0, 0.1) is 5.41 Å². The van der Waals surface area contributed by atoms with Crippen LogP contribution in [0.1, 0.15) is 138 Å². The molecule has 1 rings (SSSR count). The van der Waals surface area contributed by atoms with Crippen molar-refractivity contribution in [2.24, 2.45) is 5.41 Å².